The van der Waals surface area contributed by atoms with Crippen LogP contribution in [0.15, 0.2) is 60.7 Å². The van der Waals surface area contributed by atoms with Crippen LogP contribution in [0.1, 0.15) is 44.2 Å². The fourth-order valence-corrected chi connectivity index (χ4v) is 3.22. The topological polar surface area (TPSA) is 38.3 Å². The van der Waals surface area contributed by atoms with Crippen molar-refractivity contribution in [2.24, 2.45) is 5.92 Å². The van der Waals surface area contributed by atoms with Crippen LogP contribution in [0, 0.1) is 5.92 Å². The molecule has 0 aromatic heterocycles. The highest BCUT2D eigenvalue weighted by Crippen LogP contribution is 2.34. The van der Waals surface area contributed by atoms with E-state index < -0.39 is 5.60 Å². The fourth-order valence-electron chi connectivity index (χ4n) is 3.22. The van der Waals surface area contributed by atoms with Crippen molar-refractivity contribution >= 4 is 5.97 Å². The number of carbonyl (C=O) groups is 1. The number of hydrogen-bond acceptors (Lipinski definition) is 3. The van der Waals surface area contributed by atoms with Gasteiger partial charge in [0.2, 0.25) is 0 Å². The minimum absolute atomic E-state index is 0.115. The highest BCUT2D eigenvalue weighted by Gasteiger charge is 2.28. The first-order chi connectivity index (χ1) is 11.9. The lowest BCUT2D eigenvalue weighted by Gasteiger charge is -2.29. The number of ether oxygens (including phenoxy) is 1. The molecule has 0 bridgehead atoms. The second-order valence-electron chi connectivity index (χ2n) is 7.41. The van der Waals surface area contributed by atoms with Crippen LogP contribution in [0.3, 0.4) is 0 Å². The summed E-state index contributed by atoms with van der Waals surface area (Å²) in [5.41, 5.74) is 1.98. The van der Waals surface area contributed by atoms with Gasteiger partial charge in [0, 0.05) is 5.92 Å². The van der Waals surface area contributed by atoms with Crippen molar-refractivity contribution in [3.05, 3.63) is 71.8 Å². The zero-order valence-electron chi connectivity index (χ0n) is 15.7. The Morgan fingerprint density at radius 2 is 1.44 bits per heavy atom. The van der Waals surface area contributed by atoms with Crippen LogP contribution in [0.25, 0.3) is 0 Å². The number of esters is 1. The minimum atomic E-state index is -0.462. The van der Waals surface area contributed by atoms with E-state index in [9.17, 15) is 4.79 Å². The van der Waals surface area contributed by atoms with Crippen molar-refractivity contribution in [2.75, 3.05) is 13.6 Å². The van der Waals surface area contributed by atoms with E-state index in [-0.39, 0.29) is 17.8 Å². The van der Waals surface area contributed by atoms with Crippen LogP contribution in [0.4, 0.5) is 0 Å². The van der Waals surface area contributed by atoms with E-state index in [1.807, 2.05) is 40.0 Å². The third-order valence-electron chi connectivity index (χ3n) is 4.10. The molecule has 1 atom stereocenters. The first-order valence-corrected chi connectivity index (χ1v) is 8.87. The standard InChI is InChI=1S/C22H29NO2/c1-22(2,3)25-20(24)15-19(16-23-4)21(17-11-7-5-8-12-17)18-13-9-6-10-14-18/h5-14,19,21,23H,15-16H2,1-4H3/t19-/m1/s1. The summed E-state index contributed by atoms with van der Waals surface area (Å²) < 4.78 is 5.57. The number of hydrogen-bond donors (Lipinski definition) is 1. The molecule has 0 saturated carbocycles. The van der Waals surface area contributed by atoms with Crippen molar-refractivity contribution in [1.29, 1.82) is 0 Å². The number of carbonyl (C=O) groups excluding carboxylic acids is 1. The van der Waals surface area contributed by atoms with Gasteiger partial charge in [-0.1, -0.05) is 60.7 Å². The molecule has 3 heteroatoms. The maximum Gasteiger partial charge on any atom is 0.306 e. The monoisotopic (exact) mass is 339 g/mol. The lowest BCUT2D eigenvalue weighted by Crippen LogP contribution is -2.31. The molecule has 1 N–H and O–H groups in total. The van der Waals surface area contributed by atoms with Crippen molar-refractivity contribution in [1.82, 2.24) is 5.32 Å². The number of nitrogens with one attached hydrogen (secondary N) is 1. The predicted octanol–water partition coefficient (Wildman–Crippen LogP) is 4.39. The van der Waals surface area contributed by atoms with Crippen molar-refractivity contribution in [3.63, 3.8) is 0 Å². The van der Waals surface area contributed by atoms with E-state index in [0.717, 1.165) is 6.54 Å². The van der Waals surface area contributed by atoms with E-state index in [1.54, 1.807) is 0 Å². The van der Waals surface area contributed by atoms with Gasteiger partial charge < -0.3 is 10.1 Å². The molecule has 0 saturated heterocycles. The van der Waals surface area contributed by atoms with Gasteiger partial charge in [-0.25, -0.2) is 0 Å². The average Bonchev–Trinajstić information content (AvgIpc) is 2.55. The molecule has 2 aromatic carbocycles. The van der Waals surface area contributed by atoms with Gasteiger partial charge in [0.15, 0.2) is 0 Å². The lowest BCUT2D eigenvalue weighted by atomic mass is 9.79. The summed E-state index contributed by atoms with van der Waals surface area (Å²) >= 11 is 0. The maximum absolute atomic E-state index is 12.5. The highest BCUT2D eigenvalue weighted by molar-refractivity contribution is 5.70. The third kappa shape index (κ3) is 6.02. The van der Waals surface area contributed by atoms with Crippen LogP contribution < -0.4 is 5.32 Å². The molecule has 0 radical (unpaired) electrons. The smallest absolute Gasteiger partial charge is 0.306 e. The Morgan fingerprint density at radius 3 is 1.84 bits per heavy atom. The number of benzene rings is 2. The van der Waals surface area contributed by atoms with Crippen LogP contribution in [-0.4, -0.2) is 25.2 Å². The van der Waals surface area contributed by atoms with Gasteiger partial charge >= 0.3 is 5.97 Å². The van der Waals surface area contributed by atoms with E-state index in [4.69, 9.17) is 4.74 Å². The Bertz CT molecular complexity index is 607. The first kappa shape index (κ1) is 19.2. The van der Waals surface area contributed by atoms with Gasteiger partial charge in [-0.3, -0.25) is 4.79 Å². The minimum Gasteiger partial charge on any atom is -0.460 e. The summed E-state index contributed by atoms with van der Waals surface area (Å²) in [6.07, 6.45) is 0.382. The molecule has 0 aliphatic rings. The van der Waals surface area contributed by atoms with E-state index in [2.05, 4.69) is 53.8 Å². The summed E-state index contributed by atoms with van der Waals surface area (Å²) in [5.74, 6) is 0.108. The Labute approximate surface area is 151 Å². The third-order valence-corrected chi connectivity index (χ3v) is 4.10. The van der Waals surface area contributed by atoms with Crippen molar-refractivity contribution in [3.8, 4) is 0 Å². The van der Waals surface area contributed by atoms with Gasteiger partial charge in [0.1, 0.15) is 5.60 Å². The molecule has 25 heavy (non-hydrogen) atoms. The van der Waals surface area contributed by atoms with Crippen LogP contribution in [-0.2, 0) is 9.53 Å². The quantitative estimate of drug-likeness (QED) is 0.761. The normalized spacial score (nSPS) is 12.8. The summed E-state index contributed by atoms with van der Waals surface area (Å²) in [4.78, 5) is 12.5. The number of rotatable bonds is 7. The van der Waals surface area contributed by atoms with Gasteiger partial charge in [0.25, 0.3) is 0 Å². The molecular formula is C22H29NO2. The fraction of sp³-hybridized carbons (Fsp3) is 0.409. The zero-order valence-corrected chi connectivity index (χ0v) is 15.7. The van der Waals surface area contributed by atoms with Crippen LogP contribution in [0.5, 0.6) is 0 Å². The van der Waals surface area contributed by atoms with E-state index in [1.165, 1.54) is 11.1 Å². The molecule has 0 unspecified atom stereocenters. The van der Waals surface area contributed by atoms with Crippen LogP contribution >= 0.6 is 0 Å². The molecule has 2 rings (SSSR count). The second kappa shape index (κ2) is 8.82. The average molecular weight is 339 g/mol. The second-order valence-corrected chi connectivity index (χ2v) is 7.41. The summed E-state index contributed by atoms with van der Waals surface area (Å²) in [7, 11) is 1.93. The Hall–Kier alpha value is -2.13. The summed E-state index contributed by atoms with van der Waals surface area (Å²) in [6.45, 7) is 6.46. The largest absolute Gasteiger partial charge is 0.460 e. The van der Waals surface area contributed by atoms with Gasteiger partial charge in [-0.15, -0.1) is 0 Å². The molecular weight excluding hydrogens is 310 g/mol. The Morgan fingerprint density at radius 1 is 0.960 bits per heavy atom. The van der Waals surface area contributed by atoms with Crippen molar-refractivity contribution < 1.29 is 9.53 Å². The molecule has 0 fully saturated rings. The summed E-state index contributed by atoms with van der Waals surface area (Å²) in [6, 6.07) is 20.8. The van der Waals surface area contributed by atoms with Gasteiger partial charge in [0.05, 0.1) is 6.42 Å². The van der Waals surface area contributed by atoms with E-state index >= 15 is 0 Å². The molecule has 0 amide bonds. The molecule has 3 nitrogen and oxygen atoms in total. The Balaban J connectivity index is 2.33. The molecule has 0 aliphatic heterocycles. The molecule has 134 valence electrons. The Kier molecular flexibility index (Phi) is 6.77. The van der Waals surface area contributed by atoms with Gasteiger partial charge in [-0.05, 0) is 51.4 Å². The lowest BCUT2D eigenvalue weighted by molar-refractivity contribution is -0.156. The molecule has 2 aromatic rings. The van der Waals surface area contributed by atoms with E-state index in [0.29, 0.717) is 6.42 Å². The molecule has 0 aliphatic carbocycles. The zero-order chi connectivity index (χ0) is 18.3. The maximum atomic E-state index is 12.5. The SMILES string of the molecule is CNC[C@@H](CC(=O)OC(C)(C)C)C(c1ccccc1)c1ccccc1. The van der Waals surface area contributed by atoms with Crippen molar-refractivity contribution in [2.45, 2.75) is 38.7 Å². The predicted molar refractivity (Wildman–Crippen MR) is 103 cm³/mol. The summed E-state index contributed by atoms with van der Waals surface area (Å²) in [5, 5.41) is 3.25. The molecule has 0 spiro atoms. The van der Waals surface area contributed by atoms with Crippen LogP contribution in [0.2, 0.25) is 0 Å². The highest BCUT2D eigenvalue weighted by atomic mass is 16.6. The molecule has 0 heterocycles. The first-order valence-electron chi connectivity index (χ1n) is 8.87. The van der Waals surface area contributed by atoms with Gasteiger partial charge in [-0.2, -0.15) is 0 Å².